The molecule has 0 radical (unpaired) electrons. The molecule has 4 rings (SSSR count). The van der Waals surface area contributed by atoms with Crippen molar-refractivity contribution in [2.24, 2.45) is 0 Å². The molecule has 4 aromatic rings. The van der Waals surface area contributed by atoms with Crippen LogP contribution in [0, 0.1) is 0 Å². The Morgan fingerprint density at radius 1 is 1.00 bits per heavy atom. The van der Waals surface area contributed by atoms with E-state index >= 15 is 0 Å². The zero-order valence-corrected chi connectivity index (χ0v) is 15.8. The van der Waals surface area contributed by atoms with Crippen LogP contribution in [-0.2, 0) is 6.18 Å². The molecule has 0 fully saturated rings. The molecule has 1 aromatic heterocycles. The van der Waals surface area contributed by atoms with Gasteiger partial charge >= 0.3 is 12.1 Å². The van der Waals surface area contributed by atoms with E-state index in [0.717, 1.165) is 12.1 Å². The number of aromatic carboxylic acids is 1. The monoisotopic (exact) mass is 432 g/mol. The van der Waals surface area contributed by atoms with Crippen molar-refractivity contribution in [3.8, 4) is 22.9 Å². The first kappa shape index (κ1) is 19.8. The predicted octanol–water partition coefficient (Wildman–Crippen LogP) is 6.39. The van der Waals surface area contributed by atoms with Gasteiger partial charge in [-0.15, -0.1) is 0 Å². The molecular formula is C21H12ClF3N2O3. The predicted molar refractivity (Wildman–Crippen MR) is 105 cm³/mol. The Kier molecular flexibility index (Phi) is 4.87. The van der Waals surface area contributed by atoms with Gasteiger partial charge in [-0.1, -0.05) is 11.6 Å². The molecule has 152 valence electrons. The second-order valence-corrected chi connectivity index (χ2v) is 6.80. The number of nitrogens with zero attached hydrogens (tertiary/aromatic N) is 1. The molecular weight excluding hydrogens is 421 g/mol. The summed E-state index contributed by atoms with van der Waals surface area (Å²) in [5, 5.41) is 8.67. The van der Waals surface area contributed by atoms with Crippen molar-refractivity contribution < 1.29 is 27.8 Å². The van der Waals surface area contributed by atoms with Crippen LogP contribution in [-0.4, -0.2) is 21.0 Å². The highest BCUT2D eigenvalue weighted by atomic mass is 35.5. The third-order valence-corrected chi connectivity index (χ3v) is 4.67. The summed E-state index contributed by atoms with van der Waals surface area (Å²) >= 11 is 5.61. The molecule has 2 N–H and O–H groups in total. The van der Waals surface area contributed by atoms with E-state index in [1.165, 1.54) is 18.2 Å². The number of fused-ring (bicyclic) bond motifs is 1. The van der Waals surface area contributed by atoms with Crippen LogP contribution in [0.15, 0.2) is 60.7 Å². The van der Waals surface area contributed by atoms with Gasteiger partial charge in [0.05, 0.1) is 27.2 Å². The number of aromatic nitrogens is 2. The Balaban J connectivity index is 1.58. The fourth-order valence-corrected chi connectivity index (χ4v) is 3.10. The van der Waals surface area contributed by atoms with Gasteiger partial charge in [-0.05, 0) is 60.7 Å². The van der Waals surface area contributed by atoms with Gasteiger partial charge in [0.1, 0.15) is 17.3 Å². The summed E-state index contributed by atoms with van der Waals surface area (Å²) in [6, 6.07) is 14.5. The smallest absolute Gasteiger partial charge is 0.417 e. The fourth-order valence-electron chi connectivity index (χ4n) is 2.88. The molecule has 3 aromatic carbocycles. The minimum atomic E-state index is -4.58. The van der Waals surface area contributed by atoms with Crippen molar-refractivity contribution in [2.75, 3.05) is 0 Å². The van der Waals surface area contributed by atoms with Gasteiger partial charge < -0.3 is 14.8 Å². The molecule has 0 amide bonds. The third-order valence-electron chi connectivity index (χ3n) is 4.34. The molecule has 1 heterocycles. The Bertz CT molecular complexity index is 1250. The van der Waals surface area contributed by atoms with Crippen LogP contribution in [0.25, 0.3) is 22.4 Å². The molecule has 30 heavy (non-hydrogen) atoms. The summed E-state index contributed by atoms with van der Waals surface area (Å²) in [4.78, 5) is 18.6. The highest BCUT2D eigenvalue weighted by Crippen LogP contribution is 2.37. The SMILES string of the molecule is O=C(O)c1ccc2[nH]c(-c3ccc(Oc4ccc(Cl)c(C(F)(F)F)c4)cc3)nc2c1. The lowest BCUT2D eigenvalue weighted by Crippen LogP contribution is -2.05. The first-order valence-corrected chi connectivity index (χ1v) is 8.96. The van der Waals surface area contributed by atoms with Gasteiger partial charge in [-0.3, -0.25) is 0 Å². The van der Waals surface area contributed by atoms with Gasteiger partial charge in [0.15, 0.2) is 0 Å². The zero-order valence-electron chi connectivity index (χ0n) is 15.0. The molecule has 9 heteroatoms. The number of halogens is 4. The molecule has 0 aliphatic heterocycles. The number of alkyl halides is 3. The van der Waals surface area contributed by atoms with E-state index in [0.29, 0.717) is 28.2 Å². The lowest BCUT2D eigenvalue weighted by molar-refractivity contribution is -0.137. The topological polar surface area (TPSA) is 75.2 Å². The van der Waals surface area contributed by atoms with Gasteiger partial charge in [0.2, 0.25) is 0 Å². The maximum atomic E-state index is 13.0. The number of aromatic amines is 1. The molecule has 0 aliphatic rings. The van der Waals surface area contributed by atoms with Gasteiger partial charge in [-0.25, -0.2) is 9.78 Å². The Morgan fingerprint density at radius 3 is 2.37 bits per heavy atom. The second kappa shape index (κ2) is 7.38. The van der Waals surface area contributed by atoms with E-state index in [4.69, 9.17) is 21.4 Å². The van der Waals surface area contributed by atoms with Gasteiger partial charge in [0.25, 0.3) is 0 Å². The number of carbonyl (C=O) groups is 1. The number of hydrogen-bond donors (Lipinski definition) is 2. The molecule has 0 atom stereocenters. The van der Waals surface area contributed by atoms with E-state index in [-0.39, 0.29) is 11.3 Å². The summed E-state index contributed by atoms with van der Waals surface area (Å²) in [6.45, 7) is 0. The second-order valence-electron chi connectivity index (χ2n) is 6.39. The molecule has 0 spiro atoms. The summed E-state index contributed by atoms with van der Waals surface area (Å²) in [6.07, 6.45) is -4.58. The number of ether oxygens (including phenoxy) is 1. The molecule has 0 saturated heterocycles. The lowest BCUT2D eigenvalue weighted by Gasteiger charge is -2.12. The standard InChI is InChI=1S/C21H12ClF3N2O3/c22-16-7-6-14(10-15(16)21(23,24)25)30-13-4-1-11(2-5-13)19-26-17-8-3-12(20(28)29)9-18(17)27-19/h1-10H,(H,26,27)(H,28,29). The minimum absolute atomic E-state index is 0.00409. The van der Waals surface area contributed by atoms with Crippen molar-refractivity contribution in [1.29, 1.82) is 0 Å². The van der Waals surface area contributed by atoms with Gasteiger partial charge in [0, 0.05) is 5.56 Å². The largest absolute Gasteiger partial charge is 0.478 e. The van der Waals surface area contributed by atoms with Crippen LogP contribution in [0.4, 0.5) is 13.2 Å². The number of imidazole rings is 1. The number of benzene rings is 3. The summed E-state index contributed by atoms with van der Waals surface area (Å²) < 4.78 is 44.5. The maximum absolute atomic E-state index is 13.0. The average Bonchev–Trinajstić information content (AvgIpc) is 3.12. The van der Waals surface area contributed by atoms with Crippen molar-refractivity contribution in [2.45, 2.75) is 6.18 Å². The quantitative estimate of drug-likeness (QED) is 0.391. The average molecular weight is 433 g/mol. The van der Waals surface area contributed by atoms with Gasteiger partial charge in [-0.2, -0.15) is 13.2 Å². The van der Waals surface area contributed by atoms with Crippen LogP contribution in [0.3, 0.4) is 0 Å². The van der Waals surface area contributed by atoms with E-state index < -0.39 is 22.7 Å². The Labute approximate surface area is 172 Å². The molecule has 0 unspecified atom stereocenters. The van der Waals surface area contributed by atoms with E-state index in [2.05, 4.69) is 9.97 Å². The first-order valence-electron chi connectivity index (χ1n) is 8.59. The highest BCUT2D eigenvalue weighted by Gasteiger charge is 2.33. The van der Waals surface area contributed by atoms with Crippen molar-refractivity contribution >= 4 is 28.6 Å². The lowest BCUT2D eigenvalue weighted by atomic mass is 10.2. The number of hydrogen-bond acceptors (Lipinski definition) is 3. The third kappa shape index (κ3) is 3.95. The first-order chi connectivity index (χ1) is 14.2. The Morgan fingerprint density at radius 2 is 1.70 bits per heavy atom. The Hall–Kier alpha value is -3.52. The van der Waals surface area contributed by atoms with E-state index in [1.54, 1.807) is 30.3 Å². The maximum Gasteiger partial charge on any atom is 0.417 e. The van der Waals surface area contributed by atoms with Crippen LogP contribution in [0.1, 0.15) is 15.9 Å². The van der Waals surface area contributed by atoms with Crippen molar-refractivity contribution in [3.63, 3.8) is 0 Å². The molecule has 0 saturated carbocycles. The minimum Gasteiger partial charge on any atom is -0.478 e. The molecule has 0 bridgehead atoms. The van der Waals surface area contributed by atoms with Crippen molar-refractivity contribution in [3.05, 3.63) is 76.8 Å². The number of nitrogens with one attached hydrogen (secondary N) is 1. The van der Waals surface area contributed by atoms with E-state index in [1.807, 2.05) is 0 Å². The van der Waals surface area contributed by atoms with Crippen LogP contribution in [0.2, 0.25) is 5.02 Å². The van der Waals surface area contributed by atoms with Crippen LogP contribution >= 0.6 is 11.6 Å². The number of rotatable bonds is 4. The van der Waals surface area contributed by atoms with E-state index in [9.17, 15) is 18.0 Å². The normalized spacial score (nSPS) is 11.6. The van der Waals surface area contributed by atoms with Crippen LogP contribution < -0.4 is 4.74 Å². The number of carboxylic acids is 1. The van der Waals surface area contributed by atoms with Crippen molar-refractivity contribution in [1.82, 2.24) is 9.97 Å². The van der Waals surface area contributed by atoms with Crippen LogP contribution in [0.5, 0.6) is 11.5 Å². The molecule has 5 nitrogen and oxygen atoms in total. The molecule has 0 aliphatic carbocycles. The summed E-state index contributed by atoms with van der Waals surface area (Å²) in [7, 11) is 0. The zero-order chi connectivity index (χ0) is 21.5. The fraction of sp³-hybridized carbons (Fsp3) is 0.0476. The summed E-state index contributed by atoms with van der Waals surface area (Å²) in [5.74, 6) is -0.188. The summed E-state index contributed by atoms with van der Waals surface area (Å²) in [5.41, 5.74) is 1.04. The number of H-pyrrole nitrogens is 1. The number of carboxylic acid groups (broad SMARTS) is 1. The highest BCUT2D eigenvalue weighted by molar-refractivity contribution is 6.31.